The van der Waals surface area contributed by atoms with E-state index in [1.807, 2.05) is 27.7 Å². The van der Waals surface area contributed by atoms with Crippen molar-refractivity contribution in [2.75, 3.05) is 31.1 Å². The second kappa shape index (κ2) is 9.26. The largest absolute Gasteiger partial charge is 0.451 e. The summed E-state index contributed by atoms with van der Waals surface area (Å²) in [5, 5.41) is 10.8. The molecular formula is C26H35FN4O4. The van der Waals surface area contributed by atoms with Crippen molar-refractivity contribution >= 4 is 11.9 Å². The van der Waals surface area contributed by atoms with E-state index in [9.17, 15) is 14.3 Å². The number of hydrogen-bond acceptors (Lipinski definition) is 7. The highest BCUT2D eigenvalue weighted by Gasteiger charge is 2.46. The summed E-state index contributed by atoms with van der Waals surface area (Å²) in [4.78, 5) is 25.1. The molecule has 9 heteroatoms. The van der Waals surface area contributed by atoms with E-state index >= 15 is 0 Å². The maximum absolute atomic E-state index is 14.0. The molecule has 35 heavy (non-hydrogen) atoms. The summed E-state index contributed by atoms with van der Waals surface area (Å²) >= 11 is 0. The number of likely N-dealkylation sites (tertiary alicyclic amines) is 1. The lowest BCUT2D eigenvalue weighted by Crippen LogP contribution is -2.37. The number of halogens is 1. The topological polar surface area (TPSA) is 88.0 Å². The van der Waals surface area contributed by atoms with Crippen LogP contribution in [0.3, 0.4) is 0 Å². The molecule has 0 saturated carbocycles. The van der Waals surface area contributed by atoms with Crippen LogP contribution in [0.1, 0.15) is 59.4 Å². The quantitative estimate of drug-likeness (QED) is 0.646. The van der Waals surface area contributed by atoms with Crippen LogP contribution in [0.4, 0.5) is 15.0 Å². The van der Waals surface area contributed by atoms with Gasteiger partial charge >= 0.3 is 6.09 Å². The lowest BCUT2D eigenvalue weighted by molar-refractivity contribution is 0.0276. The lowest BCUT2D eigenvalue weighted by Gasteiger charge is -2.28. The standard InChI is InChI=1S/C26H35FN4O4/c1-6-25(5,33)19-13-18(27)7-8-20(19)34-21-14-28-17-29-22(21)30-11-9-26(15-30)10-12-31(16-26)23(32)35-24(2,3)4/h7-8,13-14,17,33H,6,9-12,15-16H2,1-5H3. The number of ether oxygens (including phenoxy) is 2. The van der Waals surface area contributed by atoms with E-state index in [4.69, 9.17) is 9.47 Å². The minimum absolute atomic E-state index is 0.0357. The van der Waals surface area contributed by atoms with Crippen LogP contribution >= 0.6 is 0 Å². The highest BCUT2D eigenvalue weighted by atomic mass is 19.1. The zero-order valence-electron chi connectivity index (χ0n) is 21.2. The van der Waals surface area contributed by atoms with E-state index in [0.717, 1.165) is 25.9 Å². The highest BCUT2D eigenvalue weighted by Crippen LogP contribution is 2.44. The number of anilines is 1. The number of aromatic nitrogens is 2. The molecule has 0 bridgehead atoms. The Morgan fingerprint density at radius 1 is 1.17 bits per heavy atom. The van der Waals surface area contributed by atoms with E-state index in [-0.39, 0.29) is 11.5 Å². The number of hydrogen-bond donors (Lipinski definition) is 1. The number of amides is 1. The van der Waals surface area contributed by atoms with Gasteiger partial charge in [0.25, 0.3) is 0 Å². The molecule has 8 nitrogen and oxygen atoms in total. The summed E-state index contributed by atoms with van der Waals surface area (Å²) in [6.45, 7) is 11.9. The van der Waals surface area contributed by atoms with Gasteiger partial charge in [-0.2, -0.15) is 0 Å². The molecule has 2 aliphatic heterocycles. The molecular weight excluding hydrogens is 451 g/mol. The Morgan fingerprint density at radius 2 is 1.91 bits per heavy atom. The third kappa shape index (κ3) is 5.50. The molecule has 0 radical (unpaired) electrons. The average molecular weight is 487 g/mol. The van der Waals surface area contributed by atoms with Crippen LogP contribution in [0.15, 0.2) is 30.7 Å². The first-order chi connectivity index (χ1) is 16.4. The predicted octanol–water partition coefficient (Wildman–Crippen LogP) is 4.86. The molecule has 4 rings (SSSR count). The Morgan fingerprint density at radius 3 is 2.63 bits per heavy atom. The Balaban J connectivity index is 1.53. The Bertz CT molecular complexity index is 1090. The van der Waals surface area contributed by atoms with Crippen molar-refractivity contribution in [2.45, 2.75) is 65.1 Å². The van der Waals surface area contributed by atoms with Gasteiger partial charge in [-0.05, 0) is 65.2 Å². The molecule has 0 aliphatic carbocycles. The second-order valence-corrected chi connectivity index (χ2v) is 10.9. The molecule has 1 amide bonds. The van der Waals surface area contributed by atoms with Crippen molar-refractivity contribution in [1.82, 2.24) is 14.9 Å². The van der Waals surface area contributed by atoms with Gasteiger partial charge in [0.05, 0.1) is 11.8 Å². The maximum Gasteiger partial charge on any atom is 0.410 e. The van der Waals surface area contributed by atoms with Crippen molar-refractivity contribution < 1.29 is 23.8 Å². The molecule has 1 aromatic heterocycles. The number of carbonyl (C=O) groups excluding carboxylic acids is 1. The fourth-order valence-electron chi connectivity index (χ4n) is 4.81. The zero-order chi connectivity index (χ0) is 25.4. The third-order valence-corrected chi connectivity index (χ3v) is 6.92. The van der Waals surface area contributed by atoms with Crippen molar-refractivity contribution in [3.05, 3.63) is 42.1 Å². The summed E-state index contributed by atoms with van der Waals surface area (Å²) in [6.07, 6.45) is 5.00. The van der Waals surface area contributed by atoms with Crippen LogP contribution in [0.5, 0.6) is 11.5 Å². The zero-order valence-corrected chi connectivity index (χ0v) is 21.2. The molecule has 2 saturated heterocycles. The van der Waals surface area contributed by atoms with Crippen molar-refractivity contribution in [2.24, 2.45) is 5.41 Å². The lowest BCUT2D eigenvalue weighted by atomic mass is 9.86. The molecule has 2 aromatic rings. The van der Waals surface area contributed by atoms with Gasteiger partial charge in [-0.1, -0.05) is 6.92 Å². The normalized spacial score (nSPS) is 21.9. The molecule has 2 atom stereocenters. The van der Waals surface area contributed by atoms with Crippen LogP contribution in [-0.4, -0.2) is 57.8 Å². The van der Waals surface area contributed by atoms with Crippen molar-refractivity contribution in [3.8, 4) is 11.5 Å². The van der Waals surface area contributed by atoms with Gasteiger partial charge in [-0.3, -0.25) is 0 Å². The Kier molecular flexibility index (Phi) is 6.66. The number of rotatable bonds is 5. The Labute approximate surface area is 206 Å². The van der Waals surface area contributed by atoms with Crippen LogP contribution in [-0.2, 0) is 10.3 Å². The first-order valence-electron chi connectivity index (χ1n) is 12.1. The predicted molar refractivity (Wildman–Crippen MR) is 130 cm³/mol. The summed E-state index contributed by atoms with van der Waals surface area (Å²) in [6, 6.07) is 4.13. The first-order valence-corrected chi connectivity index (χ1v) is 12.1. The maximum atomic E-state index is 14.0. The van der Waals surface area contributed by atoms with E-state index in [2.05, 4.69) is 14.9 Å². The van der Waals surface area contributed by atoms with Crippen LogP contribution in [0.2, 0.25) is 0 Å². The van der Waals surface area contributed by atoms with Crippen molar-refractivity contribution in [3.63, 3.8) is 0 Å². The van der Waals surface area contributed by atoms with E-state index in [1.54, 1.807) is 18.0 Å². The van der Waals surface area contributed by atoms with E-state index < -0.39 is 17.0 Å². The fraction of sp³-hybridized carbons (Fsp3) is 0.577. The van der Waals surface area contributed by atoms with E-state index in [0.29, 0.717) is 42.4 Å². The van der Waals surface area contributed by atoms with Gasteiger partial charge in [-0.25, -0.2) is 19.2 Å². The molecule has 190 valence electrons. The molecule has 3 heterocycles. The average Bonchev–Trinajstić information content (AvgIpc) is 3.41. The fourth-order valence-corrected chi connectivity index (χ4v) is 4.81. The van der Waals surface area contributed by atoms with Crippen LogP contribution in [0.25, 0.3) is 0 Å². The summed E-state index contributed by atoms with van der Waals surface area (Å²) in [7, 11) is 0. The van der Waals surface area contributed by atoms with Crippen LogP contribution in [0, 0.1) is 11.2 Å². The molecule has 1 N–H and O–H groups in total. The highest BCUT2D eigenvalue weighted by molar-refractivity contribution is 5.68. The smallest absolute Gasteiger partial charge is 0.410 e. The molecule has 1 spiro atoms. The third-order valence-electron chi connectivity index (χ3n) is 6.92. The minimum atomic E-state index is -1.25. The van der Waals surface area contributed by atoms with E-state index in [1.165, 1.54) is 24.5 Å². The number of carbonyl (C=O) groups is 1. The van der Waals surface area contributed by atoms with Crippen LogP contribution < -0.4 is 9.64 Å². The summed E-state index contributed by atoms with van der Waals surface area (Å²) < 4.78 is 25.7. The molecule has 2 aliphatic rings. The number of benzene rings is 1. The Hall–Kier alpha value is -2.94. The van der Waals surface area contributed by atoms with Crippen molar-refractivity contribution in [1.29, 1.82) is 0 Å². The van der Waals surface area contributed by atoms with Gasteiger partial charge in [0.15, 0.2) is 11.6 Å². The van der Waals surface area contributed by atoms with Gasteiger partial charge in [0.2, 0.25) is 0 Å². The number of aliphatic hydroxyl groups is 1. The summed E-state index contributed by atoms with van der Waals surface area (Å²) in [5.74, 6) is 0.994. The van der Waals surface area contributed by atoms with Gasteiger partial charge in [0, 0.05) is 37.2 Å². The van der Waals surface area contributed by atoms with Gasteiger partial charge in [-0.15, -0.1) is 0 Å². The molecule has 2 unspecified atom stereocenters. The molecule has 2 fully saturated rings. The SMILES string of the molecule is CCC(C)(O)c1cc(F)ccc1Oc1cncnc1N1CCC2(CCN(C(=O)OC(C)(C)C)C2)C1. The second-order valence-electron chi connectivity index (χ2n) is 10.9. The number of nitrogens with zero attached hydrogens (tertiary/aromatic N) is 4. The van der Waals surface area contributed by atoms with Gasteiger partial charge < -0.3 is 24.4 Å². The van der Waals surface area contributed by atoms with Gasteiger partial charge in [0.1, 0.15) is 23.5 Å². The monoisotopic (exact) mass is 486 g/mol. The molecule has 1 aromatic carbocycles. The minimum Gasteiger partial charge on any atom is -0.451 e. The first kappa shape index (κ1) is 25.2. The summed E-state index contributed by atoms with van der Waals surface area (Å²) in [5.41, 5.74) is -1.44.